The molecule has 7 nitrogen and oxygen atoms in total. The lowest BCUT2D eigenvalue weighted by Gasteiger charge is -2.17. The van der Waals surface area contributed by atoms with Crippen LogP contribution in [0.1, 0.15) is 30.6 Å². The third-order valence-corrected chi connectivity index (χ3v) is 5.77. The first-order valence-electron chi connectivity index (χ1n) is 8.95. The van der Waals surface area contributed by atoms with E-state index >= 15 is 0 Å². The van der Waals surface area contributed by atoms with Gasteiger partial charge in [-0.25, -0.2) is 13.1 Å². The van der Waals surface area contributed by atoms with Crippen LogP contribution in [0.15, 0.2) is 59.5 Å². The Bertz CT molecular complexity index is 912. The van der Waals surface area contributed by atoms with Crippen molar-refractivity contribution in [2.24, 2.45) is 0 Å². The molecular weight excluding hydrogens is 378 g/mol. The minimum absolute atomic E-state index is 0.0915. The molecule has 28 heavy (non-hydrogen) atoms. The molecule has 0 aromatic heterocycles. The predicted octanol–water partition coefficient (Wildman–Crippen LogP) is 2.47. The molecule has 0 heterocycles. The molecule has 2 N–H and O–H groups in total. The van der Waals surface area contributed by atoms with Gasteiger partial charge in [-0.15, -0.1) is 0 Å². The molecular formula is C20H25N3O4S. The van der Waals surface area contributed by atoms with Gasteiger partial charge in [-0.05, 0) is 49.7 Å². The number of carbonyl (C=O) groups excluding carboxylic acids is 2. The molecule has 2 aromatic rings. The quantitative estimate of drug-likeness (QED) is 0.708. The number of amides is 2. The van der Waals surface area contributed by atoms with E-state index in [1.165, 1.54) is 36.2 Å². The van der Waals surface area contributed by atoms with Crippen LogP contribution in [-0.4, -0.2) is 44.8 Å². The van der Waals surface area contributed by atoms with Crippen LogP contribution in [0.4, 0.5) is 5.69 Å². The highest BCUT2D eigenvalue weighted by atomic mass is 32.2. The summed E-state index contributed by atoms with van der Waals surface area (Å²) < 4.78 is 27.1. The molecule has 0 aliphatic rings. The molecule has 8 heteroatoms. The van der Waals surface area contributed by atoms with Crippen LogP contribution in [0.3, 0.4) is 0 Å². The maximum Gasteiger partial charge on any atom is 0.254 e. The van der Waals surface area contributed by atoms with Gasteiger partial charge in [0.25, 0.3) is 5.91 Å². The number of rotatable bonds is 8. The van der Waals surface area contributed by atoms with Crippen LogP contribution in [-0.2, 0) is 14.8 Å². The molecule has 0 bridgehead atoms. The van der Waals surface area contributed by atoms with Gasteiger partial charge in [-0.2, -0.15) is 0 Å². The normalized spacial score (nSPS) is 12.2. The third-order valence-electron chi connectivity index (χ3n) is 4.17. The first-order chi connectivity index (χ1) is 13.2. The van der Waals surface area contributed by atoms with Gasteiger partial charge in [0.1, 0.15) is 0 Å². The second-order valence-electron chi connectivity index (χ2n) is 6.53. The van der Waals surface area contributed by atoms with Gasteiger partial charge < -0.3 is 10.2 Å². The Kier molecular flexibility index (Phi) is 7.31. The Morgan fingerprint density at radius 2 is 1.64 bits per heavy atom. The zero-order chi connectivity index (χ0) is 20.7. The summed E-state index contributed by atoms with van der Waals surface area (Å²) in [6.07, 6.45) is 0.672. The van der Waals surface area contributed by atoms with Crippen LogP contribution in [0.2, 0.25) is 0 Å². The molecule has 0 fully saturated rings. The van der Waals surface area contributed by atoms with E-state index in [9.17, 15) is 18.0 Å². The average molecular weight is 404 g/mol. The van der Waals surface area contributed by atoms with Gasteiger partial charge in [-0.3, -0.25) is 9.59 Å². The van der Waals surface area contributed by atoms with Crippen molar-refractivity contribution in [3.8, 4) is 0 Å². The number of hydrogen-bond acceptors (Lipinski definition) is 4. The summed E-state index contributed by atoms with van der Waals surface area (Å²) in [6, 6.07) is 14.4. The highest BCUT2D eigenvalue weighted by Crippen LogP contribution is 2.13. The summed E-state index contributed by atoms with van der Waals surface area (Å²) in [5.41, 5.74) is 0.953. The van der Waals surface area contributed by atoms with E-state index in [1.54, 1.807) is 31.2 Å². The summed E-state index contributed by atoms with van der Waals surface area (Å²) in [5.74, 6) is -0.693. The number of nitrogens with one attached hydrogen (secondary N) is 2. The lowest BCUT2D eigenvalue weighted by atomic mass is 10.2. The van der Waals surface area contributed by atoms with Gasteiger partial charge in [0.05, 0.1) is 11.4 Å². The number of sulfonamides is 1. The van der Waals surface area contributed by atoms with E-state index in [1.807, 2.05) is 13.0 Å². The van der Waals surface area contributed by atoms with Gasteiger partial charge >= 0.3 is 0 Å². The number of para-hydroxylation sites is 1. The number of carbonyl (C=O) groups is 2. The molecule has 0 radical (unpaired) electrons. The maximum atomic E-state index is 12.5. The van der Waals surface area contributed by atoms with E-state index < -0.39 is 10.0 Å². The van der Waals surface area contributed by atoms with Crippen molar-refractivity contribution in [1.29, 1.82) is 0 Å². The number of hydrogen-bond donors (Lipinski definition) is 2. The lowest BCUT2D eigenvalue weighted by Crippen LogP contribution is -2.35. The lowest BCUT2D eigenvalue weighted by molar-refractivity contribution is -0.116. The Hall–Kier alpha value is -2.71. The zero-order valence-corrected chi connectivity index (χ0v) is 17.0. The maximum absolute atomic E-state index is 12.5. The van der Waals surface area contributed by atoms with Crippen LogP contribution >= 0.6 is 0 Å². The van der Waals surface area contributed by atoms with Gasteiger partial charge in [0, 0.05) is 24.3 Å². The summed E-state index contributed by atoms with van der Waals surface area (Å²) in [5, 5.41) is 2.71. The SMILES string of the molecule is CCC(C)NS(=O)(=O)c1ccc(C(=O)N(C)CC(=O)Nc2ccccc2)cc1. The largest absolute Gasteiger partial charge is 0.332 e. The molecule has 1 atom stereocenters. The van der Waals surface area contributed by atoms with E-state index in [2.05, 4.69) is 10.0 Å². The Balaban J connectivity index is 2.00. The Morgan fingerprint density at radius 3 is 2.21 bits per heavy atom. The summed E-state index contributed by atoms with van der Waals surface area (Å²) in [4.78, 5) is 25.9. The summed E-state index contributed by atoms with van der Waals surface area (Å²) in [6.45, 7) is 3.55. The smallest absolute Gasteiger partial charge is 0.254 e. The van der Waals surface area contributed by atoms with Crippen LogP contribution in [0.5, 0.6) is 0 Å². The van der Waals surface area contributed by atoms with Crippen molar-refractivity contribution in [2.45, 2.75) is 31.2 Å². The predicted molar refractivity (Wildman–Crippen MR) is 109 cm³/mol. The highest BCUT2D eigenvalue weighted by Gasteiger charge is 2.19. The monoisotopic (exact) mass is 403 g/mol. The molecule has 0 saturated heterocycles. The minimum atomic E-state index is -3.63. The van der Waals surface area contributed by atoms with E-state index in [-0.39, 0.29) is 29.3 Å². The molecule has 0 aliphatic carbocycles. The molecule has 2 amide bonds. The van der Waals surface area contributed by atoms with Crippen molar-refractivity contribution in [1.82, 2.24) is 9.62 Å². The van der Waals surface area contributed by atoms with Crippen molar-refractivity contribution in [3.63, 3.8) is 0 Å². The molecule has 2 aromatic carbocycles. The molecule has 150 valence electrons. The molecule has 0 saturated carbocycles. The van der Waals surface area contributed by atoms with Gasteiger partial charge in [0.15, 0.2) is 0 Å². The fraction of sp³-hybridized carbons (Fsp3) is 0.300. The van der Waals surface area contributed by atoms with E-state index in [0.29, 0.717) is 17.7 Å². The third kappa shape index (κ3) is 5.90. The fourth-order valence-electron chi connectivity index (χ4n) is 2.42. The topological polar surface area (TPSA) is 95.6 Å². The average Bonchev–Trinajstić information content (AvgIpc) is 2.67. The second-order valence-corrected chi connectivity index (χ2v) is 8.24. The number of benzene rings is 2. The van der Waals surface area contributed by atoms with Crippen molar-refractivity contribution in [2.75, 3.05) is 18.9 Å². The second kappa shape index (κ2) is 9.48. The van der Waals surface area contributed by atoms with Gasteiger partial charge in [-0.1, -0.05) is 25.1 Å². The number of nitrogens with zero attached hydrogens (tertiary/aromatic N) is 1. The molecule has 0 aliphatic heterocycles. The first-order valence-corrected chi connectivity index (χ1v) is 10.4. The summed E-state index contributed by atoms with van der Waals surface area (Å²) >= 11 is 0. The standard InChI is InChI=1S/C20H25N3O4S/c1-4-15(2)22-28(26,27)18-12-10-16(11-13-18)20(25)23(3)14-19(24)21-17-8-6-5-7-9-17/h5-13,15,22H,4,14H2,1-3H3,(H,21,24). The zero-order valence-electron chi connectivity index (χ0n) is 16.2. The molecule has 1 unspecified atom stereocenters. The van der Waals surface area contributed by atoms with Crippen molar-refractivity contribution >= 4 is 27.5 Å². The Morgan fingerprint density at radius 1 is 1.04 bits per heavy atom. The minimum Gasteiger partial charge on any atom is -0.332 e. The van der Waals surface area contributed by atoms with E-state index in [0.717, 1.165) is 0 Å². The molecule has 0 spiro atoms. The fourth-order valence-corrected chi connectivity index (χ4v) is 3.75. The summed E-state index contributed by atoms with van der Waals surface area (Å²) in [7, 11) is -2.11. The highest BCUT2D eigenvalue weighted by molar-refractivity contribution is 7.89. The van der Waals surface area contributed by atoms with Crippen LogP contribution < -0.4 is 10.0 Å². The van der Waals surface area contributed by atoms with E-state index in [4.69, 9.17) is 0 Å². The van der Waals surface area contributed by atoms with Crippen LogP contribution in [0, 0.1) is 0 Å². The van der Waals surface area contributed by atoms with Gasteiger partial charge in [0.2, 0.25) is 15.9 Å². The number of likely N-dealkylation sites (N-methyl/N-ethyl adjacent to an activating group) is 1. The van der Waals surface area contributed by atoms with Crippen molar-refractivity contribution < 1.29 is 18.0 Å². The number of anilines is 1. The molecule has 2 rings (SSSR count). The first kappa shape index (κ1) is 21.6. The Labute approximate surface area is 165 Å². The van der Waals surface area contributed by atoms with Crippen LogP contribution in [0.25, 0.3) is 0 Å². The van der Waals surface area contributed by atoms with Crippen molar-refractivity contribution in [3.05, 3.63) is 60.2 Å².